The summed E-state index contributed by atoms with van der Waals surface area (Å²) in [5.74, 6) is -0.715. The molecule has 0 bridgehead atoms. The number of rotatable bonds is 5. The van der Waals surface area contributed by atoms with E-state index >= 15 is 0 Å². The van der Waals surface area contributed by atoms with Crippen molar-refractivity contribution in [3.05, 3.63) is 35.4 Å². The Morgan fingerprint density at radius 3 is 2.05 bits per heavy atom. The first-order chi connectivity index (χ1) is 9.54. The van der Waals surface area contributed by atoms with E-state index in [0.29, 0.717) is 11.8 Å². The lowest BCUT2D eigenvalue weighted by Crippen LogP contribution is -2.16. The van der Waals surface area contributed by atoms with Gasteiger partial charge in [-0.2, -0.15) is 0 Å². The molecule has 1 saturated carbocycles. The highest BCUT2D eigenvalue weighted by atomic mass is 16.4. The number of carboxylic acids is 2. The lowest BCUT2D eigenvalue weighted by molar-refractivity contribution is -0.138. The standard InChI is InChI=1S/C16H20O4/c17-15(18)9-11-1-5-13(6-2-11)14-7-3-12(4-8-14)10-16(19)20/h1-2,5-6,12,14H,3-4,7-10H2,(H,17,18)(H,19,20). The van der Waals surface area contributed by atoms with Crippen LogP contribution < -0.4 is 0 Å². The molecule has 1 aromatic carbocycles. The number of carbonyl (C=O) groups is 2. The summed E-state index contributed by atoms with van der Waals surface area (Å²) in [6, 6.07) is 7.79. The molecule has 108 valence electrons. The molecular formula is C16H20O4. The number of aliphatic carboxylic acids is 2. The van der Waals surface area contributed by atoms with Crippen molar-refractivity contribution >= 4 is 11.9 Å². The van der Waals surface area contributed by atoms with Gasteiger partial charge < -0.3 is 10.2 Å². The molecule has 1 aromatic rings. The van der Waals surface area contributed by atoms with Crippen molar-refractivity contribution in [3.63, 3.8) is 0 Å². The fourth-order valence-corrected chi connectivity index (χ4v) is 3.03. The van der Waals surface area contributed by atoms with Crippen LogP contribution in [0.3, 0.4) is 0 Å². The maximum absolute atomic E-state index is 10.7. The van der Waals surface area contributed by atoms with Gasteiger partial charge in [0.25, 0.3) is 0 Å². The third kappa shape index (κ3) is 4.08. The second-order valence-electron chi connectivity index (χ2n) is 5.63. The van der Waals surface area contributed by atoms with Crippen molar-refractivity contribution in [2.75, 3.05) is 0 Å². The molecule has 0 amide bonds. The molecular weight excluding hydrogens is 256 g/mol. The smallest absolute Gasteiger partial charge is 0.307 e. The first kappa shape index (κ1) is 14.6. The van der Waals surface area contributed by atoms with Gasteiger partial charge in [0.05, 0.1) is 6.42 Å². The average molecular weight is 276 g/mol. The molecule has 0 atom stereocenters. The molecule has 0 aromatic heterocycles. The Balaban J connectivity index is 1.90. The zero-order valence-corrected chi connectivity index (χ0v) is 11.4. The Bertz CT molecular complexity index is 470. The highest BCUT2D eigenvalue weighted by Crippen LogP contribution is 2.37. The second kappa shape index (κ2) is 6.55. The van der Waals surface area contributed by atoms with Gasteiger partial charge >= 0.3 is 11.9 Å². The minimum absolute atomic E-state index is 0.0611. The highest BCUT2D eigenvalue weighted by molar-refractivity contribution is 5.70. The Morgan fingerprint density at radius 1 is 0.950 bits per heavy atom. The van der Waals surface area contributed by atoms with Crippen LogP contribution in [0, 0.1) is 5.92 Å². The summed E-state index contributed by atoms with van der Waals surface area (Å²) in [5.41, 5.74) is 2.06. The summed E-state index contributed by atoms with van der Waals surface area (Å²) in [6.45, 7) is 0. The summed E-state index contributed by atoms with van der Waals surface area (Å²) >= 11 is 0. The minimum atomic E-state index is -0.813. The van der Waals surface area contributed by atoms with Gasteiger partial charge in [-0.25, -0.2) is 0 Å². The van der Waals surface area contributed by atoms with Crippen molar-refractivity contribution in [3.8, 4) is 0 Å². The van der Waals surface area contributed by atoms with E-state index in [4.69, 9.17) is 10.2 Å². The van der Waals surface area contributed by atoms with Gasteiger partial charge in [-0.1, -0.05) is 24.3 Å². The third-order valence-corrected chi connectivity index (χ3v) is 4.12. The van der Waals surface area contributed by atoms with E-state index in [-0.39, 0.29) is 12.8 Å². The first-order valence-electron chi connectivity index (χ1n) is 7.07. The van der Waals surface area contributed by atoms with Crippen LogP contribution in [0.1, 0.15) is 49.1 Å². The molecule has 1 aliphatic rings. The van der Waals surface area contributed by atoms with Crippen LogP contribution in [0.2, 0.25) is 0 Å². The molecule has 1 aliphatic carbocycles. The molecule has 1 fully saturated rings. The summed E-state index contributed by atoms with van der Waals surface area (Å²) in [5, 5.41) is 17.5. The largest absolute Gasteiger partial charge is 0.481 e. The summed E-state index contributed by atoms with van der Waals surface area (Å²) in [6.07, 6.45) is 4.32. The Hall–Kier alpha value is -1.84. The van der Waals surface area contributed by atoms with E-state index < -0.39 is 11.9 Å². The summed E-state index contributed by atoms with van der Waals surface area (Å²) in [4.78, 5) is 21.3. The summed E-state index contributed by atoms with van der Waals surface area (Å²) in [7, 11) is 0. The number of carboxylic acid groups (broad SMARTS) is 2. The molecule has 20 heavy (non-hydrogen) atoms. The van der Waals surface area contributed by atoms with Crippen molar-refractivity contribution in [2.45, 2.75) is 44.4 Å². The molecule has 4 heteroatoms. The lowest BCUT2D eigenvalue weighted by Gasteiger charge is -2.28. The van der Waals surface area contributed by atoms with Gasteiger partial charge in [0.1, 0.15) is 0 Å². The molecule has 2 rings (SSSR count). The quantitative estimate of drug-likeness (QED) is 0.866. The normalized spacial score (nSPS) is 22.4. The minimum Gasteiger partial charge on any atom is -0.481 e. The molecule has 0 spiro atoms. The first-order valence-corrected chi connectivity index (χ1v) is 7.07. The van der Waals surface area contributed by atoms with Gasteiger partial charge in [0.2, 0.25) is 0 Å². The van der Waals surface area contributed by atoms with Crippen LogP contribution in [0.4, 0.5) is 0 Å². The zero-order chi connectivity index (χ0) is 14.5. The Labute approximate surface area is 118 Å². The molecule has 0 heterocycles. The van der Waals surface area contributed by atoms with Gasteiger partial charge in [-0.3, -0.25) is 9.59 Å². The maximum atomic E-state index is 10.7. The van der Waals surface area contributed by atoms with Crippen LogP contribution in [-0.4, -0.2) is 22.2 Å². The molecule has 0 aliphatic heterocycles. The van der Waals surface area contributed by atoms with E-state index in [1.165, 1.54) is 5.56 Å². The highest BCUT2D eigenvalue weighted by Gasteiger charge is 2.23. The molecule has 2 N–H and O–H groups in total. The molecule has 0 saturated heterocycles. The van der Waals surface area contributed by atoms with Crippen LogP contribution in [0.25, 0.3) is 0 Å². The molecule has 4 nitrogen and oxygen atoms in total. The fourth-order valence-electron chi connectivity index (χ4n) is 3.03. The topological polar surface area (TPSA) is 74.6 Å². The van der Waals surface area contributed by atoms with Crippen LogP contribution in [0.5, 0.6) is 0 Å². The van der Waals surface area contributed by atoms with E-state index in [1.807, 2.05) is 24.3 Å². The van der Waals surface area contributed by atoms with E-state index in [1.54, 1.807) is 0 Å². The average Bonchev–Trinajstić information content (AvgIpc) is 2.39. The van der Waals surface area contributed by atoms with Crippen molar-refractivity contribution in [1.29, 1.82) is 0 Å². The SMILES string of the molecule is O=C(O)Cc1ccc(C2CCC(CC(=O)O)CC2)cc1. The van der Waals surface area contributed by atoms with E-state index in [9.17, 15) is 9.59 Å². The number of hydrogen-bond donors (Lipinski definition) is 2. The summed E-state index contributed by atoms with van der Waals surface area (Å²) < 4.78 is 0. The van der Waals surface area contributed by atoms with Crippen molar-refractivity contribution < 1.29 is 19.8 Å². The lowest BCUT2D eigenvalue weighted by atomic mass is 9.77. The van der Waals surface area contributed by atoms with Crippen LogP contribution in [-0.2, 0) is 16.0 Å². The fraction of sp³-hybridized carbons (Fsp3) is 0.500. The second-order valence-corrected chi connectivity index (χ2v) is 5.63. The zero-order valence-electron chi connectivity index (χ0n) is 11.4. The number of hydrogen-bond acceptors (Lipinski definition) is 2. The predicted octanol–water partition coefficient (Wildman–Crippen LogP) is 3.06. The maximum Gasteiger partial charge on any atom is 0.307 e. The van der Waals surface area contributed by atoms with Crippen molar-refractivity contribution in [2.24, 2.45) is 5.92 Å². The Kier molecular flexibility index (Phi) is 4.77. The van der Waals surface area contributed by atoms with Gasteiger partial charge in [0.15, 0.2) is 0 Å². The van der Waals surface area contributed by atoms with E-state index in [2.05, 4.69) is 0 Å². The Morgan fingerprint density at radius 2 is 1.55 bits per heavy atom. The van der Waals surface area contributed by atoms with Crippen molar-refractivity contribution in [1.82, 2.24) is 0 Å². The van der Waals surface area contributed by atoms with Gasteiger partial charge in [0, 0.05) is 6.42 Å². The van der Waals surface area contributed by atoms with Crippen LogP contribution in [0.15, 0.2) is 24.3 Å². The third-order valence-electron chi connectivity index (χ3n) is 4.12. The number of benzene rings is 1. The molecule has 0 unspecified atom stereocenters. The monoisotopic (exact) mass is 276 g/mol. The predicted molar refractivity (Wildman–Crippen MR) is 74.7 cm³/mol. The van der Waals surface area contributed by atoms with Gasteiger partial charge in [-0.05, 0) is 48.6 Å². The van der Waals surface area contributed by atoms with Gasteiger partial charge in [-0.15, -0.1) is 0 Å². The molecule has 0 radical (unpaired) electrons. The van der Waals surface area contributed by atoms with E-state index in [0.717, 1.165) is 31.2 Å². The van der Waals surface area contributed by atoms with Crippen LogP contribution >= 0.6 is 0 Å².